The van der Waals surface area contributed by atoms with Crippen molar-refractivity contribution in [3.63, 3.8) is 0 Å². The molecule has 41 heavy (non-hydrogen) atoms. The Hall–Kier alpha value is -4.48. The lowest BCUT2D eigenvalue weighted by molar-refractivity contribution is -0.139. The monoisotopic (exact) mass is 584 g/mol. The normalized spacial score (nSPS) is 15.1. The lowest BCUT2D eigenvalue weighted by Crippen LogP contribution is -2.40. The van der Waals surface area contributed by atoms with E-state index in [9.17, 15) is 9.59 Å². The number of methoxy groups -OCH3 is 1. The second kappa shape index (κ2) is 11.2. The Morgan fingerprint density at radius 3 is 2.71 bits per heavy atom. The lowest BCUT2D eigenvalue weighted by Gasteiger charge is -2.27. The molecule has 5 aromatic rings. The number of furan rings is 1. The molecule has 0 radical (unpaired) electrons. The van der Waals surface area contributed by atoms with E-state index >= 15 is 0 Å². The van der Waals surface area contributed by atoms with Crippen LogP contribution in [-0.4, -0.2) is 34.2 Å². The molecule has 1 aliphatic rings. The van der Waals surface area contributed by atoms with Crippen molar-refractivity contribution in [1.29, 1.82) is 0 Å². The molecule has 11 heteroatoms. The summed E-state index contributed by atoms with van der Waals surface area (Å²) in [6.07, 6.45) is 5.00. The SMILES string of the molecule is CCOC(=O)C1=C(C)N=c2s/c(=C/c3ccc(Sc4ncccn4)o3)c(=O)n2[C@H]1c1c(OC)ccc2ccccc12. The molecule has 0 unspecified atom stereocenters. The zero-order chi connectivity index (χ0) is 28.5. The first-order valence-corrected chi connectivity index (χ1v) is 14.4. The minimum Gasteiger partial charge on any atom is -0.496 e. The summed E-state index contributed by atoms with van der Waals surface area (Å²) in [5, 5.41) is 2.96. The van der Waals surface area contributed by atoms with Gasteiger partial charge >= 0.3 is 5.97 Å². The van der Waals surface area contributed by atoms with Crippen molar-refractivity contribution in [2.75, 3.05) is 13.7 Å². The summed E-state index contributed by atoms with van der Waals surface area (Å²) >= 11 is 2.51. The van der Waals surface area contributed by atoms with Crippen LogP contribution in [0.25, 0.3) is 16.8 Å². The van der Waals surface area contributed by atoms with E-state index in [-0.39, 0.29) is 12.2 Å². The minimum atomic E-state index is -0.813. The molecule has 0 N–H and O–H groups in total. The van der Waals surface area contributed by atoms with Crippen molar-refractivity contribution >= 4 is 45.9 Å². The van der Waals surface area contributed by atoms with E-state index < -0.39 is 12.0 Å². The standard InChI is InChI=1S/C30H24N4O5S2/c1-4-38-28(36)24-17(2)33-30-34(26(24)25-20-9-6-5-8-18(20)10-12-21(25)37-3)27(35)22(40-30)16-19-11-13-23(39-19)41-29-31-14-7-15-32-29/h5-16,26H,4H2,1-3H3/b22-16+/t26-/m1/s1. The van der Waals surface area contributed by atoms with Crippen molar-refractivity contribution in [3.05, 3.63) is 109 Å². The Labute approximate surface area is 242 Å². The number of ether oxygens (including phenoxy) is 2. The molecule has 3 aromatic heterocycles. The van der Waals surface area contributed by atoms with Crippen molar-refractivity contribution in [1.82, 2.24) is 14.5 Å². The third-order valence-electron chi connectivity index (χ3n) is 6.55. The topological polar surface area (TPSA) is 109 Å². The highest BCUT2D eigenvalue weighted by atomic mass is 32.2. The van der Waals surface area contributed by atoms with Gasteiger partial charge in [0.05, 0.1) is 29.5 Å². The van der Waals surface area contributed by atoms with E-state index in [4.69, 9.17) is 13.9 Å². The van der Waals surface area contributed by atoms with Gasteiger partial charge in [0, 0.05) is 24.0 Å². The molecule has 0 saturated heterocycles. The number of hydrogen-bond acceptors (Lipinski definition) is 10. The van der Waals surface area contributed by atoms with E-state index in [1.807, 2.05) is 36.4 Å². The fraction of sp³-hybridized carbons (Fsp3) is 0.167. The van der Waals surface area contributed by atoms with Crippen molar-refractivity contribution < 1.29 is 18.7 Å². The summed E-state index contributed by atoms with van der Waals surface area (Å²) in [6.45, 7) is 3.69. The van der Waals surface area contributed by atoms with Crippen LogP contribution in [0.1, 0.15) is 31.2 Å². The first kappa shape index (κ1) is 26.7. The number of benzene rings is 2. The zero-order valence-electron chi connectivity index (χ0n) is 22.4. The molecule has 1 aliphatic heterocycles. The van der Waals surface area contributed by atoms with Crippen LogP contribution in [0.2, 0.25) is 0 Å². The molecule has 0 bridgehead atoms. The molecule has 0 saturated carbocycles. The highest BCUT2D eigenvalue weighted by molar-refractivity contribution is 7.99. The highest BCUT2D eigenvalue weighted by Crippen LogP contribution is 2.40. The van der Waals surface area contributed by atoms with Crippen LogP contribution in [0.15, 0.2) is 103 Å². The van der Waals surface area contributed by atoms with Gasteiger partial charge in [0.2, 0.25) is 0 Å². The number of nitrogens with zero attached hydrogens (tertiary/aromatic N) is 4. The molecule has 9 nitrogen and oxygen atoms in total. The van der Waals surface area contributed by atoms with Gasteiger partial charge < -0.3 is 13.9 Å². The number of aromatic nitrogens is 3. The summed E-state index contributed by atoms with van der Waals surface area (Å²) in [7, 11) is 1.57. The predicted octanol–water partition coefficient (Wildman–Crippen LogP) is 4.49. The average Bonchev–Trinajstić information content (AvgIpc) is 3.55. The van der Waals surface area contributed by atoms with Crippen LogP contribution in [0, 0.1) is 0 Å². The van der Waals surface area contributed by atoms with Crippen LogP contribution in [0.3, 0.4) is 0 Å². The third kappa shape index (κ3) is 4.98. The molecule has 0 aliphatic carbocycles. The number of fused-ring (bicyclic) bond motifs is 2. The van der Waals surface area contributed by atoms with Crippen LogP contribution in [0.4, 0.5) is 0 Å². The number of esters is 1. The highest BCUT2D eigenvalue weighted by Gasteiger charge is 2.36. The number of thiazole rings is 1. The summed E-state index contributed by atoms with van der Waals surface area (Å²) < 4.78 is 19.1. The molecular weight excluding hydrogens is 560 g/mol. The van der Waals surface area contributed by atoms with Gasteiger partial charge in [-0.2, -0.15) is 0 Å². The molecule has 4 heterocycles. The second-order valence-corrected chi connectivity index (χ2v) is 11.0. The number of carbonyl (C=O) groups excluding carboxylic acids is 1. The van der Waals surface area contributed by atoms with Gasteiger partial charge in [-0.05, 0) is 60.6 Å². The molecule has 2 aromatic carbocycles. The van der Waals surface area contributed by atoms with Gasteiger partial charge in [0.25, 0.3) is 5.56 Å². The fourth-order valence-corrected chi connectivity index (χ4v) is 6.53. The lowest BCUT2D eigenvalue weighted by atomic mass is 9.90. The van der Waals surface area contributed by atoms with Gasteiger partial charge in [0.15, 0.2) is 15.1 Å². The first-order valence-electron chi connectivity index (χ1n) is 12.8. The molecular formula is C30H24N4O5S2. The number of hydrogen-bond donors (Lipinski definition) is 0. The van der Waals surface area contributed by atoms with E-state index in [1.54, 1.807) is 62.2 Å². The molecule has 1 atom stereocenters. The van der Waals surface area contributed by atoms with E-state index in [2.05, 4.69) is 15.0 Å². The number of rotatable bonds is 7. The summed E-state index contributed by atoms with van der Waals surface area (Å²) in [4.78, 5) is 41.0. The molecule has 0 spiro atoms. The zero-order valence-corrected chi connectivity index (χ0v) is 24.0. The van der Waals surface area contributed by atoms with Crippen molar-refractivity contribution in [2.45, 2.75) is 30.1 Å². The second-order valence-electron chi connectivity index (χ2n) is 9.00. The Bertz CT molecular complexity index is 1990. The van der Waals surface area contributed by atoms with Crippen LogP contribution in [-0.2, 0) is 9.53 Å². The van der Waals surface area contributed by atoms with Gasteiger partial charge in [-0.15, -0.1) is 0 Å². The maximum absolute atomic E-state index is 14.1. The maximum Gasteiger partial charge on any atom is 0.338 e. The number of allylic oxidation sites excluding steroid dienone is 1. The van der Waals surface area contributed by atoms with Crippen LogP contribution < -0.4 is 19.6 Å². The smallest absolute Gasteiger partial charge is 0.338 e. The van der Waals surface area contributed by atoms with Gasteiger partial charge in [-0.25, -0.2) is 19.8 Å². The van der Waals surface area contributed by atoms with E-state index in [0.717, 1.165) is 10.8 Å². The third-order valence-corrected chi connectivity index (χ3v) is 8.35. The van der Waals surface area contributed by atoms with Crippen LogP contribution >= 0.6 is 23.1 Å². The number of carbonyl (C=O) groups is 1. The molecule has 6 rings (SSSR count). The molecule has 206 valence electrons. The largest absolute Gasteiger partial charge is 0.496 e. The summed E-state index contributed by atoms with van der Waals surface area (Å²) in [5.41, 5.74) is 1.16. The van der Waals surface area contributed by atoms with Crippen molar-refractivity contribution in [3.8, 4) is 5.75 Å². The summed E-state index contributed by atoms with van der Waals surface area (Å²) in [5.74, 6) is 0.517. The van der Waals surface area contributed by atoms with E-state index in [0.29, 0.717) is 47.9 Å². The van der Waals surface area contributed by atoms with Crippen LogP contribution in [0.5, 0.6) is 5.75 Å². The van der Waals surface area contributed by atoms with E-state index in [1.165, 1.54) is 23.1 Å². The molecule has 0 amide bonds. The van der Waals surface area contributed by atoms with Gasteiger partial charge in [0.1, 0.15) is 17.6 Å². The minimum absolute atomic E-state index is 0.187. The Balaban J connectivity index is 1.53. The van der Waals surface area contributed by atoms with Gasteiger partial charge in [-0.1, -0.05) is 41.7 Å². The Morgan fingerprint density at radius 2 is 1.93 bits per heavy atom. The Morgan fingerprint density at radius 1 is 1.12 bits per heavy atom. The first-order chi connectivity index (χ1) is 20.0. The average molecular weight is 585 g/mol. The van der Waals surface area contributed by atoms with Gasteiger partial charge in [-0.3, -0.25) is 9.36 Å². The van der Waals surface area contributed by atoms with Crippen molar-refractivity contribution in [2.24, 2.45) is 4.99 Å². The maximum atomic E-state index is 14.1. The summed E-state index contributed by atoms with van der Waals surface area (Å²) in [6, 6.07) is 16.1. The quantitative estimate of drug-likeness (QED) is 0.203. The predicted molar refractivity (Wildman–Crippen MR) is 156 cm³/mol. The fourth-order valence-electron chi connectivity index (χ4n) is 4.82. The Kier molecular flexibility index (Phi) is 7.29. The molecule has 0 fully saturated rings.